The average Bonchev–Trinajstić information content (AvgIpc) is 2.72. The second-order valence-electron chi connectivity index (χ2n) is 3.66. The molecule has 1 saturated heterocycles. The number of nitrogens with zero attached hydrogens (tertiary/aromatic N) is 3. The van der Waals surface area contributed by atoms with Gasteiger partial charge in [-0.3, -0.25) is 0 Å². The molecule has 6 nitrogen and oxygen atoms in total. The lowest BCUT2D eigenvalue weighted by Crippen LogP contribution is -2.37. The van der Waals surface area contributed by atoms with E-state index in [1.54, 1.807) is 0 Å². The summed E-state index contributed by atoms with van der Waals surface area (Å²) in [6, 6.07) is -0.110. The molecular formula is C9H19N3O3. The largest absolute Gasteiger partial charge is 0.569 e. The van der Waals surface area contributed by atoms with Gasteiger partial charge in [-0.2, -0.15) is 0 Å². The summed E-state index contributed by atoms with van der Waals surface area (Å²) in [5.41, 5.74) is 0. The summed E-state index contributed by atoms with van der Waals surface area (Å²) in [5, 5.41) is 25.3. The van der Waals surface area contributed by atoms with Crippen molar-refractivity contribution in [2.75, 3.05) is 19.8 Å². The van der Waals surface area contributed by atoms with Crippen molar-refractivity contribution in [1.29, 1.82) is 0 Å². The first-order valence-electron chi connectivity index (χ1n) is 5.47. The molecule has 15 heavy (non-hydrogen) atoms. The topological polar surface area (TPSA) is 71.1 Å². The highest BCUT2D eigenvalue weighted by atomic mass is 16.7. The van der Waals surface area contributed by atoms with Crippen LogP contribution in [0.4, 0.5) is 0 Å². The van der Waals surface area contributed by atoms with Crippen LogP contribution in [0.1, 0.15) is 32.6 Å². The Morgan fingerprint density at radius 3 is 3.13 bits per heavy atom. The Labute approximate surface area is 89.6 Å². The standard InChI is InChI=1S/C9H19N3O3/c1-2-3-7-15-10-12(14)11-6-4-5-9(11)8-13/h9,13H,2-8H2,1H3/t9-/m0/s1. The number of aliphatic hydroxyl groups is 1. The molecule has 6 heteroatoms. The molecule has 1 N–H and O–H groups in total. The second kappa shape index (κ2) is 6.44. The summed E-state index contributed by atoms with van der Waals surface area (Å²) in [5.74, 6) is 0. The molecule has 0 saturated carbocycles. The zero-order valence-electron chi connectivity index (χ0n) is 9.13. The van der Waals surface area contributed by atoms with Crippen LogP contribution in [0.5, 0.6) is 0 Å². The molecule has 1 fully saturated rings. The van der Waals surface area contributed by atoms with E-state index in [1.807, 2.05) is 6.92 Å². The normalized spacial score (nSPS) is 22.1. The highest BCUT2D eigenvalue weighted by molar-refractivity contribution is 4.71. The Hall–Kier alpha value is -1.04. The SMILES string of the molecule is CCCCON=[N+]([O-])N1CCC[C@H]1CO. The van der Waals surface area contributed by atoms with Gasteiger partial charge in [0.25, 0.3) is 0 Å². The van der Waals surface area contributed by atoms with Crippen molar-refractivity contribution >= 4 is 0 Å². The van der Waals surface area contributed by atoms with Crippen LogP contribution in [0.25, 0.3) is 0 Å². The third kappa shape index (κ3) is 3.54. The fourth-order valence-corrected chi connectivity index (χ4v) is 1.58. The minimum atomic E-state index is -0.110. The summed E-state index contributed by atoms with van der Waals surface area (Å²) in [7, 11) is 0. The van der Waals surface area contributed by atoms with Crippen molar-refractivity contribution in [1.82, 2.24) is 5.01 Å². The van der Waals surface area contributed by atoms with Crippen LogP contribution < -0.4 is 0 Å². The second-order valence-corrected chi connectivity index (χ2v) is 3.66. The first kappa shape index (κ1) is 12.0. The quantitative estimate of drug-likeness (QED) is 0.312. The fourth-order valence-electron chi connectivity index (χ4n) is 1.58. The lowest BCUT2D eigenvalue weighted by atomic mass is 10.2. The van der Waals surface area contributed by atoms with Gasteiger partial charge < -0.3 is 15.2 Å². The van der Waals surface area contributed by atoms with E-state index in [4.69, 9.17) is 9.94 Å². The molecule has 88 valence electrons. The Kier molecular flexibility index (Phi) is 5.17. The fraction of sp³-hybridized carbons (Fsp3) is 1.00. The van der Waals surface area contributed by atoms with Crippen molar-refractivity contribution in [3.8, 4) is 0 Å². The molecule has 1 aliphatic rings. The molecule has 0 aromatic heterocycles. The Balaban J connectivity index is 2.34. The highest BCUT2D eigenvalue weighted by Crippen LogP contribution is 2.16. The van der Waals surface area contributed by atoms with Gasteiger partial charge in [-0.15, -0.1) is 5.01 Å². The first-order chi connectivity index (χ1) is 7.29. The van der Waals surface area contributed by atoms with Crippen LogP contribution in [-0.4, -0.2) is 40.9 Å². The summed E-state index contributed by atoms with van der Waals surface area (Å²) in [6.07, 6.45) is 3.65. The van der Waals surface area contributed by atoms with E-state index in [9.17, 15) is 5.21 Å². The molecular weight excluding hydrogens is 198 g/mol. The maximum absolute atomic E-state index is 11.4. The van der Waals surface area contributed by atoms with Crippen LogP contribution in [0, 0.1) is 5.21 Å². The maximum Gasteiger partial charge on any atom is 0.233 e. The van der Waals surface area contributed by atoms with E-state index >= 15 is 0 Å². The lowest BCUT2D eigenvalue weighted by molar-refractivity contribution is -0.714. The summed E-state index contributed by atoms with van der Waals surface area (Å²) < 4.78 is 0. The van der Waals surface area contributed by atoms with E-state index < -0.39 is 0 Å². The van der Waals surface area contributed by atoms with Crippen LogP contribution in [0.2, 0.25) is 0 Å². The predicted octanol–water partition coefficient (Wildman–Crippen LogP) is 1.05. The monoisotopic (exact) mass is 217 g/mol. The van der Waals surface area contributed by atoms with Gasteiger partial charge in [-0.05, 0) is 19.3 Å². The highest BCUT2D eigenvalue weighted by Gasteiger charge is 2.30. The summed E-state index contributed by atoms with van der Waals surface area (Å²) in [4.78, 5) is 5.32. The van der Waals surface area contributed by atoms with E-state index in [-0.39, 0.29) is 12.6 Å². The number of unbranched alkanes of at least 4 members (excludes halogenated alkanes) is 1. The maximum atomic E-state index is 11.4. The van der Waals surface area contributed by atoms with Gasteiger partial charge in [0.15, 0.2) is 0 Å². The van der Waals surface area contributed by atoms with Gasteiger partial charge in [0, 0.05) is 0 Å². The minimum absolute atomic E-state index is 0.0107. The Morgan fingerprint density at radius 2 is 2.47 bits per heavy atom. The molecule has 0 unspecified atom stereocenters. The van der Waals surface area contributed by atoms with Gasteiger partial charge in [0.1, 0.15) is 12.6 Å². The van der Waals surface area contributed by atoms with Gasteiger partial charge >= 0.3 is 0 Å². The number of rotatable bonds is 6. The molecule has 0 aromatic carbocycles. The molecule has 0 spiro atoms. The van der Waals surface area contributed by atoms with E-state index in [0.29, 0.717) is 18.1 Å². The Morgan fingerprint density at radius 1 is 1.67 bits per heavy atom. The predicted molar refractivity (Wildman–Crippen MR) is 53.7 cm³/mol. The number of hydrazine groups is 1. The van der Waals surface area contributed by atoms with E-state index in [0.717, 1.165) is 25.7 Å². The van der Waals surface area contributed by atoms with Gasteiger partial charge in [0.2, 0.25) is 5.28 Å². The average molecular weight is 217 g/mol. The van der Waals surface area contributed by atoms with Crippen molar-refractivity contribution in [2.24, 2.45) is 5.28 Å². The molecule has 1 heterocycles. The lowest BCUT2D eigenvalue weighted by Gasteiger charge is -2.17. The molecule has 1 atom stereocenters. The molecule has 0 radical (unpaired) electrons. The summed E-state index contributed by atoms with van der Waals surface area (Å²) in [6.45, 7) is 3.13. The number of hydrogen-bond acceptors (Lipinski definition) is 4. The summed E-state index contributed by atoms with van der Waals surface area (Å²) >= 11 is 0. The zero-order chi connectivity index (χ0) is 11.1. The number of aliphatic hydroxyl groups excluding tert-OH is 1. The molecule has 0 aliphatic carbocycles. The smallest absolute Gasteiger partial charge is 0.233 e. The number of hydrogen-bond donors (Lipinski definition) is 1. The first-order valence-corrected chi connectivity index (χ1v) is 5.47. The van der Waals surface area contributed by atoms with Crippen LogP contribution >= 0.6 is 0 Å². The zero-order valence-corrected chi connectivity index (χ0v) is 9.13. The van der Waals surface area contributed by atoms with Crippen LogP contribution in [0.15, 0.2) is 5.28 Å². The molecule has 1 aliphatic heterocycles. The van der Waals surface area contributed by atoms with Crippen LogP contribution in [-0.2, 0) is 4.84 Å². The van der Waals surface area contributed by atoms with Gasteiger partial charge in [-0.1, -0.05) is 13.3 Å². The Bertz CT molecular complexity index is 211. The van der Waals surface area contributed by atoms with Crippen molar-refractivity contribution in [3.05, 3.63) is 5.21 Å². The third-order valence-electron chi connectivity index (χ3n) is 2.49. The third-order valence-corrected chi connectivity index (χ3v) is 2.49. The van der Waals surface area contributed by atoms with Crippen LogP contribution in [0.3, 0.4) is 0 Å². The van der Waals surface area contributed by atoms with Crippen molar-refractivity contribution in [2.45, 2.75) is 38.6 Å². The molecule has 0 amide bonds. The van der Waals surface area contributed by atoms with Crippen molar-refractivity contribution in [3.63, 3.8) is 0 Å². The molecule has 0 bridgehead atoms. The van der Waals surface area contributed by atoms with Gasteiger partial charge in [-0.25, -0.2) is 0 Å². The van der Waals surface area contributed by atoms with E-state index in [1.165, 1.54) is 5.01 Å². The molecule has 1 rings (SSSR count). The van der Waals surface area contributed by atoms with Gasteiger partial charge in [0.05, 0.1) is 18.1 Å². The molecule has 0 aromatic rings. The van der Waals surface area contributed by atoms with Crippen molar-refractivity contribution < 1.29 is 14.9 Å². The van der Waals surface area contributed by atoms with E-state index in [2.05, 4.69) is 5.28 Å². The minimum Gasteiger partial charge on any atom is -0.569 e.